The van der Waals surface area contributed by atoms with Gasteiger partial charge in [-0.15, -0.1) is 0 Å². The van der Waals surface area contributed by atoms with Crippen LogP contribution in [0.2, 0.25) is 0 Å². The van der Waals surface area contributed by atoms with E-state index in [1.165, 1.54) is 32.1 Å². The average molecular weight is 373 g/mol. The zero-order valence-electron chi connectivity index (χ0n) is 16.6. The van der Waals surface area contributed by atoms with Crippen molar-refractivity contribution < 1.29 is 9.47 Å². The van der Waals surface area contributed by atoms with Gasteiger partial charge in [0.05, 0.1) is 25.1 Å². The largest absolute Gasteiger partial charge is 0.367 e. The molecule has 0 amide bonds. The maximum absolute atomic E-state index is 5.87. The highest BCUT2D eigenvalue weighted by atomic mass is 16.7. The minimum absolute atomic E-state index is 0.0773. The van der Waals surface area contributed by atoms with Gasteiger partial charge in [0.1, 0.15) is 5.82 Å². The highest BCUT2D eigenvalue weighted by Crippen LogP contribution is 2.27. The Morgan fingerprint density at radius 3 is 2.74 bits per heavy atom. The third-order valence-electron chi connectivity index (χ3n) is 5.62. The number of hydrogen-bond donors (Lipinski definition) is 1. The SMILES string of the molecule is CC1(C)COC(CCCc2nc3cnccn3c2NC2CCCCC2)OC1. The molecule has 2 aromatic rings. The van der Waals surface area contributed by atoms with Crippen LogP contribution in [0.3, 0.4) is 0 Å². The second kappa shape index (κ2) is 8.15. The lowest BCUT2D eigenvalue weighted by molar-refractivity contribution is -0.223. The molecule has 0 aromatic carbocycles. The molecule has 1 saturated carbocycles. The topological polar surface area (TPSA) is 60.7 Å². The predicted molar refractivity (Wildman–Crippen MR) is 106 cm³/mol. The van der Waals surface area contributed by atoms with E-state index >= 15 is 0 Å². The van der Waals surface area contributed by atoms with Crippen molar-refractivity contribution in [3.05, 3.63) is 24.3 Å². The van der Waals surface area contributed by atoms with E-state index in [0.29, 0.717) is 6.04 Å². The van der Waals surface area contributed by atoms with E-state index in [1.54, 1.807) is 0 Å². The summed E-state index contributed by atoms with van der Waals surface area (Å²) in [5, 5.41) is 3.78. The van der Waals surface area contributed by atoms with E-state index in [4.69, 9.17) is 14.5 Å². The summed E-state index contributed by atoms with van der Waals surface area (Å²) in [6.45, 7) is 5.90. The summed E-state index contributed by atoms with van der Waals surface area (Å²) < 4.78 is 13.9. The van der Waals surface area contributed by atoms with Gasteiger partial charge in [0.15, 0.2) is 11.9 Å². The molecule has 1 saturated heterocycles. The molecular weight excluding hydrogens is 340 g/mol. The molecule has 27 heavy (non-hydrogen) atoms. The molecule has 0 unspecified atom stereocenters. The Morgan fingerprint density at radius 1 is 1.19 bits per heavy atom. The lowest BCUT2D eigenvalue weighted by Crippen LogP contribution is -2.37. The van der Waals surface area contributed by atoms with Crippen molar-refractivity contribution in [3.63, 3.8) is 0 Å². The number of fused-ring (bicyclic) bond motifs is 1. The predicted octanol–water partition coefficient (Wildman–Crippen LogP) is 4.20. The van der Waals surface area contributed by atoms with Gasteiger partial charge < -0.3 is 14.8 Å². The maximum Gasteiger partial charge on any atom is 0.157 e. The van der Waals surface area contributed by atoms with Crippen LogP contribution >= 0.6 is 0 Å². The van der Waals surface area contributed by atoms with Crippen molar-refractivity contribution in [1.29, 1.82) is 0 Å². The number of ether oxygens (including phenoxy) is 2. The van der Waals surface area contributed by atoms with Gasteiger partial charge in [0.2, 0.25) is 0 Å². The quantitative estimate of drug-likeness (QED) is 0.824. The maximum atomic E-state index is 5.87. The number of aryl methyl sites for hydroxylation is 1. The fraction of sp³-hybridized carbons (Fsp3) is 0.714. The second-order valence-electron chi connectivity index (χ2n) is 8.80. The van der Waals surface area contributed by atoms with Crippen LogP contribution in [0.4, 0.5) is 5.82 Å². The molecule has 1 aliphatic heterocycles. The lowest BCUT2D eigenvalue weighted by Gasteiger charge is -2.34. The van der Waals surface area contributed by atoms with Crippen LogP contribution in [0.25, 0.3) is 5.65 Å². The highest BCUT2D eigenvalue weighted by molar-refractivity contribution is 5.54. The molecule has 4 rings (SSSR count). The molecule has 0 bridgehead atoms. The van der Waals surface area contributed by atoms with Gasteiger partial charge in [-0.3, -0.25) is 9.38 Å². The third-order valence-corrected chi connectivity index (χ3v) is 5.62. The summed E-state index contributed by atoms with van der Waals surface area (Å²) in [6.07, 6.45) is 14.9. The van der Waals surface area contributed by atoms with Gasteiger partial charge >= 0.3 is 0 Å². The first kappa shape index (κ1) is 18.7. The molecule has 148 valence electrons. The summed E-state index contributed by atoms with van der Waals surface area (Å²) >= 11 is 0. The number of nitrogens with zero attached hydrogens (tertiary/aromatic N) is 3. The summed E-state index contributed by atoms with van der Waals surface area (Å²) in [7, 11) is 0. The minimum atomic E-state index is -0.0773. The van der Waals surface area contributed by atoms with E-state index in [-0.39, 0.29) is 11.7 Å². The molecule has 6 nitrogen and oxygen atoms in total. The van der Waals surface area contributed by atoms with Crippen molar-refractivity contribution >= 4 is 11.5 Å². The van der Waals surface area contributed by atoms with E-state index in [2.05, 4.69) is 28.5 Å². The molecular formula is C21H32N4O2. The standard InChI is InChI=1S/C21H32N4O2/c1-21(2)14-26-19(27-15-21)10-6-9-17-20(23-16-7-4-3-5-8-16)25-12-11-22-13-18(25)24-17/h11-13,16,19,23H,3-10,14-15H2,1-2H3. The third kappa shape index (κ3) is 4.61. The highest BCUT2D eigenvalue weighted by Gasteiger charge is 2.28. The zero-order chi connectivity index (χ0) is 18.7. The molecule has 1 aliphatic carbocycles. The molecule has 0 radical (unpaired) electrons. The Kier molecular flexibility index (Phi) is 5.64. The fourth-order valence-electron chi connectivity index (χ4n) is 4.05. The van der Waals surface area contributed by atoms with Crippen molar-refractivity contribution in [2.45, 2.75) is 77.5 Å². The number of rotatable bonds is 6. The first-order chi connectivity index (χ1) is 13.1. The van der Waals surface area contributed by atoms with Gasteiger partial charge in [0, 0.05) is 23.9 Å². The van der Waals surface area contributed by atoms with Crippen LogP contribution in [0.15, 0.2) is 18.6 Å². The molecule has 2 fully saturated rings. The first-order valence-electron chi connectivity index (χ1n) is 10.4. The summed E-state index contributed by atoms with van der Waals surface area (Å²) in [6, 6.07) is 0.554. The Morgan fingerprint density at radius 2 is 1.96 bits per heavy atom. The van der Waals surface area contributed by atoms with Crippen LogP contribution in [0.1, 0.15) is 64.5 Å². The molecule has 2 aromatic heterocycles. The van der Waals surface area contributed by atoms with Crippen LogP contribution in [0.5, 0.6) is 0 Å². The van der Waals surface area contributed by atoms with Gasteiger partial charge in [0.25, 0.3) is 0 Å². The summed E-state index contributed by atoms with van der Waals surface area (Å²) in [5.41, 5.74) is 2.17. The summed E-state index contributed by atoms with van der Waals surface area (Å²) in [4.78, 5) is 9.07. The number of imidazole rings is 1. The molecule has 1 N–H and O–H groups in total. The van der Waals surface area contributed by atoms with Crippen molar-refractivity contribution in [2.24, 2.45) is 5.41 Å². The Bertz CT molecular complexity index is 742. The molecule has 6 heteroatoms. The van der Waals surface area contributed by atoms with E-state index in [1.807, 2.05) is 18.6 Å². The monoisotopic (exact) mass is 372 g/mol. The van der Waals surface area contributed by atoms with Crippen LogP contribution < -0.4 is 5.32 Å². The zero-order valence-corrected chi connectivity index (χ0v) is 16.6. The number of anilines is 1. The van der Waals surface area contributed by atoms with Gasteiger partial charge in [-0.25, -0.2) is 4.98 Å². The minimum Gasteiger partial charge on any atom is -0.367 e. The smallest absolute Gasteiger partial charge is 0.157 e. The Balaban J connectivity index is 1.40. The van der Waals surface area contributed by atoms with Crippen LogP contribution in [0, 0.1) is 5.41 Å². The number of hydrogen-bond acceptors (Lipinski definition) is 5. The molecule has 0 atom stereocenters. The van der Waals surface area contributed by atoms with Crippen molar-refractivity contribution in [2.75, 3.05) is 18.5 Å². The lowest BCUT2D eigenvalue weighted by atomic mass is 9.95. The average Bonchev–Trinajstić information content (AvgIpc) is 3.02. The number of nitrogens with one attached hydrogen (secondary N) is 1. The van der Waals surface area contributed by atoms with E-state index < -0.39 is 0 Å². The van der Waals surface area contributed by atoms with E-state index in [0.717, 1.165) is 49.6 Å². The molecule has 0 spiro atoms. The Labute approximate surface area is 161 Å². The molecule has 2 aliphatic rings. The van der Waals surface area contributed by atoms with Crippen molar-refractivity contribution in [3.8, 4) is 0 Å². The van der Waals surface area contributed by atoms with Gasteiger partial charge in [-0.1, -0.05) is 33.1 Å². The van der Waals surface area contributed by atoms with Gasteiger partial charge in [-0.2, -0.15) is 0 Å². The number of aromatic nitrogens is 3. The normalized spacial score (nSPS) is 21.6. The van der Waals surface area contributed by atoms with Crippen molar-refractivity contribution in [1.82, 2.24) is 14.4 Å². The molecule has 3 heterocycles. The van der Waals surface area contributed by atoms with Crippen LogP contribution in [-0.4, -0.2) is 39.9 Å². The second-order valence-corrected chi connectivity index (χ2v) is 8.80. The van der Waals surface area contributed by atoms with Gasteiger partial charge in [-0.05, 0) is 32.1 Å². The Hall–Kier alpha value is -1.66. The van der Waals surface area contributed by atoms with E-state index in [9.17, 15) is 0 Å². The first-order valence-corrected chi connectivity index (χ1v) is 10.4. The summed E-state index contributed by atoms with van der Waals surface area (Å²) in [5.74, 6) is 1.14. The fourth-order valence-corrected chi connectivity index (χ4v) is 4.05. The van der Waals surface area contributed by atoms with Crippen LogP contribution in [-0.2, 0) is 15.9 Å².